The highest BCUT2D eigenvalue weighted by atomic mass is 33.1. The van der Waals surface area contributed by atoms with Gasteiger partial charge in [-0.25, -0.2) is 0 Å². The summed E-state index contributed by atoms with van der Waals surface area (Å²) in [6.45, 7) is 3.10. The van der Waals surface area contributed by atoms with Crippen LogP contribution >= 0.6 is 21.6 Å². The van der Waals surface area contributed by atoms with E-state index in [1.54, 1.807) is 0 Å². The van der Waals surface area contributed by atoms with Gasteiger partial charge in [-0.1, -0.05) is 28.5 Å². The summed E-state index contributed by atoms with van der Waals surface area (Å²) in [5.41, 5.74) is 0. The van der Waals surface area contributed by atoms with Gasteiger partial charge in [-0.3, -0.25) is 4.79 Å². The molecule has 4 heteroatoms. The molecule has 0 spiro atoms. The third-order valence-corrected chi connectivity index (χ3v) is 6.12. The number of rotatable bonds is 0. The molecule has 2 aliphatic rings. The minimum atomic E-state index is 0.282. The SMILES string of the molecule is CC1CC2CC(CCNC2=O)SS1. The molecule has 2 nitrogen and oxygen atoms in total. The first-order valence-corrected chi connectivity index (χ1v) is 7.13. The highest BCUT2D eigenvalue weighted by molar-refractivity contribution is 8.77. The molecule has 0 saturated carbocycles. The van der Waals surface area contributed by atoms with Crippen LogP contribution in [0.15, 0.2) is 0 Å². The first-order valence-electron chi connectivity index (χ1n) is 4.85. The number of hydrogen-bond donors (Lipinski definition) is 1. The maximum absolute atomic E-state index is 11.6. The van der Waals surface area contributed by atoms with Crippen molar-refractivity contribution in [3.63, 3.8) is 0 Å². The summed E-state index contributed by atoms with van der Waals surface area (Å²) < 4.78 is 0. The summed E-state index contributed by atoms with van der Waals surface area (Å²) in [6.07, 6.45) is 3.29. The molecule has 2 heterocycles. The monoisotopic (exact) mass is 217 g/mol. The zero-order chi connectivity index (χ0) is 9.26. The first-order chi connectivity index (χ1) is 6.25. The second kappa shape index (κ2) is 4.13. The van der Waals surface area contributed by atoms with Gasteiger partial charge in [-0.2, -0.15) is 0 Å². The summed E-state index contributed by atoms with van der Waals surface area (Å²) in [4.78, 5) is 11.6. The standard InChI is InChI=1S/C9H15NOS2/c1-6-4-7-5-8(13-12-6)2-3-10-9(7)11/h6-8H,2-5H2,1H3,(H,10,11). The van der Waals surface area contributed by atoms with Crippen molar-refractivity contribution in [1.29, 1.82) is 0 Å². The number of nitrogens with one attached hydrogen (secondary N) is 1. The zero-order valence-electron chi connectivity index (χ0n) is 7.79. The predicted octanol–water partition coefficient (Wildman–Crippen LogP) is 2.05. The Bertz CT molecular complexity index is 210. The normalized spacial score (nSPS) is 40.4. The summed E-state index contributed by atoms with van der Waals surface area (Å²) in [7, 11) is 3.95. The van der Waals surface area contributed by atoms with Crippen molar-refractivity contribution in [2.24, 2.45) is 5.92 Å². The first kappa shape index (κ1) is 9.71. The van der Waals surface area contributed by atoms with Crippen LogP contribution in [0, 0.1) is 5.92 Å². The van der Waals surface area contributed by atoms with Crippen molar-refractivity contribution in [3.8, 4) is 0 Å². The molecule has 1 N–H and O–H groups in total. The molecule has 2 fully saturated rings. The Balaban J connectivity index is 2.09. The summed E-state index contributed by atoms with van der Waals surface area (Å²) in [6, 6.07) is 0. The predicted molar refractivity (Wildman–Crippen MR) is 58.8 cm³/mol. The topological polar surface area (TPSA) is 29.1 Å². The lowest BCUT2D eigenvalue weighted by Crippen LogP contribution is -2.30. The van der Waals surface area contributed by atoms with Gasteiger partial charge in [0.2, 0.25) is 5.91 Å². The van der Waals surface area contributed by atoms with Crippen LogP contribution in [0.1, 0.15) is 26.2 Å². The van der Waals surface area contributed by atoms with E-state index < -0.39 is 0 Å². The number of hydrogen-bond acceptors (Lipinski definition) is 3. The molecular formula is C9H15NOS2. The molecule has 74 valence electrons. The van der Waals surface area contributed by atoms with E-state index >= 15 is 0 Å². The van der Waals surface area contributed by atoms with E-state index in [0.717, 1.165) is 25.8 Å². The second-order valence-corrected chi connectivity index (χ2v) is 6.88. The van der Waals surface area contributed by atoms with Crippen molar-refractivity contribution in [3.05, 3.63) is 0 Å². The molecule has 2 aliphatic heterocycles. The van der Waals surface area contributed by atoms with Crippen molar-refractivity contribution >= 4 is 27.5 Å². The number of amides is 1. The van der Waals surface area contributed by atoms with Gasteiger partial charge < -0.3 is 5.32 Å². The lowest BCUT2D eigenvalue weighted by atomic mass is 9.97. The minimum Gasteiger partial charge on any atom is -0.356 e. The summed E-state index contributed by atoms with van der Waals surface area (Å²) in [5.74, 6) is 0.572. The van der Waals surface area contributed by atoms with Gasteiger partial charge in [-0.05, 0) is 19.3 Å². The molecule has 13 heavy (non-hydrogen) atoms. The molecular weight excluding hydrogens is 202 g/mol. The molecule has 3 unspecified atom stereocenters. The highest BCUT2D eigenvalue weighted by Crippen LogP contribution is 2.43. The van der Waals surface area contributed by atoms with Crippen molar-refractivity contribution < 1.29 is 4.79 Å². The fourth-order valence-corrected chi connectivity index (χ4v) is 4.93. The van der Waals surface area contributed by atoms with E-state index in [4.69, 9.17) is 0 Å². The molecule has 0 aliphatic carbocycles. The fourth-order valence-electron chi connectivity index (χ4n) is 1.95. The van der Waals surface area contributed by atoms with Crippen molar-refractivity contribution in [1.82, 2.24) is 5.32 Å². The minimum absolute atomic E-state index is 0.282. The largest absolute Gasteiger partial charge is 0.356 e. The number of carbonyl (C=O) groups is 1. The van der Waals surface area contributed by atoms with Crippen LogP contribution in [0.25, 0.3) is 0 Å². The number of carbonyl (C=O) groups excluding carboxylic acids is 1. The zero-order valence-corrected chi connectivity index (χ0v) is 9.42. The van der Waals surface area contributed by atoms with Crippen molar-refractivity contribution in [2.75, 3.05) is 6.54 Å². The van der Waals surface area contributed by atoms with E-state index in [0.29, 0.717) is 10.5 Å². The quantitative estimate of drug-likeness (QED) is 0.630. The van der Waals surface area contributed by atoms with Crippen LogP contribution in [-0.4, -0.2) is 23.0 Å². The van der Waals surface area contributed by atoms with Crippen LogP contribution in [0.5, 0.6) is 0 Å². The Morgan fingerprint density at radius 1 is 1.38 bits per heavy atom. The molecule has 0 radical (unpaired) electrons. The van der Waals surface area contributed by atoms with Gasteiger partial charge in [0.05, 0.1) is 0 Å². The van der Waals surface area contributed by atoms with Crippen LogP contribution in [0.2, 0.25) is 0 Å². The fraction of sp³-hybridized carbons (Fsp3) is 0.889. The van der Waals surface area contributed by atoms with Crippen LogP contribution in [0.3, 0.4) is 0 Å². The van der Waals surface area contributed by atoms with Gasteiger partial charge >= 0.3 is 0 Å². The van der Waals surface area contributed by atoms with Gasteiger partial charge in [0, 0.05) is 23.0 Å². The van der Waals surface area contributed by atoms with E-state index in [9.17, 15) is 4.79 Å². The Morgan fingerprint density at radius 3 is 3.08 bits per heavy atom. The van der Waals surface area contributed by atoms with Crippen LogP contribution in [-0.2, 0) is 4.79 Å². The third-order valence-electron chi connectivity index (χ3n) is 2.66. The maximum Gasteiger partial charge on any atom is 0.223 e. The molecule has 2 saturated heterocycles. The van der Waals surface area contributed by atoms with Crippen molar-refractivity contribution in [2.45, 2.75) is 36.7 Å². The summed E-state index contributed by atoms with van der Waals surface area (Å²) in [5, 5.41) is 4.32. The molecule has 0 aromatic rings. The number of fused-ring (bicyclic) bond motifs is 2. The molecule has 0 aromatic heterocycles. The van der Waals surface area contributed by atoms with E-state index in [2.05, 4.69) is 12.2 Å². The molecule has 3 atom stereocenters. The third kappa shape index (κ3) is 2.34. The Kier molecular flexibility index (Phi) is 3.09. The van der Waals surface area contributed by atoms with Gasteiger partial charge in [0.25, 0.3) is 0 Å². The Hall–Kier alpha value is 0.170. The van der Waals surface area contributed by atoms with Gasteiger partial charge in [0.1, 0.15) is 0 Å². The Labute approximate surface area is 87.0 Å². The average molecular weight is 217 g/mol. The average Bonchev–Trinajstić information content (AvgIpc) is 2.37. The maximum atomic E-state index is 11.6. The van der Waals surface area contributed by atoms with Gasteiger partial charge in [0.15, 0.2) is 0 Å². The van der Waals surface area contributed by atoms with Crippen LogP contribution < -0.4 is 5.32 Å². The molecule has 1 amide bonds. The van der Waals surface area contributed by atoms with E-state index in [-0.39, 0.29) is 11.8 Å². The highest BCUT2D eigenvalue weighted by Gasteiger charge is 2.31. The molecule has 2 rings (SSSR count). The van der Waals surface area contributed by atoms with Gasteiger partial charge in [-0.15, -0.1) is 0 Å². The Morgan fingerprint density at radius 2 is 2.23 bits per heavy atom. The van der Waals surface area contributed by atoms with E-state index in [1.165, 1.54) is 0 Å². The smallest absolute Gasteiger partial charge is 0.223 e. The molecule has 2 bridgehead atoms. The summed E-state index contributed by atoms with van der Waals surface area (Å²) >= 11 is 0. The van der Waals surface area contributed by atoms with E-state index in [1.807, 2.05) is 21.6 Å². The molecule has 0 aromatic carbocycles. The van der Waals surface area contributed by atoms with Crippen LogP contribution in [0.4, 0.5) is 0 Å². The lowest BCUT2D eigenvalue weighted by Gasteiger charge is -2.13. The second-order valence-electron chi connectivity index (χ2n) is 3.87. The lowest BCUT2D eigenvalue weighted by molar-refractivity contribution is -0.124.